The number of hydrogen-bond donors (Lipinski definition) is 1. The topological polar surface area (TPSA) is 86.0 Å². The smallest absolute Gasteiger partial charge is 0.323 e. The molecular formula is C21H17ClN4O3S2. The molecule has 0 aliphatic rings. The Bertz CT molecular complexity index is 1420. The highest BCUT2D eigenvalue weighted by molar-refractivity contribution is 8.00. The molecule has 7 nitrogen and oxygen atoms in total. The molecule has 31 heavy (non-hydrogen) atoms. The molecule has 4 rings (SSSR count). The second-order valence-corrected chi connectivity index (χ2v) is 9.12. The Morgan fingerprint density at radius 3 is 2.58 bits per heavy atom. The Morgan fingerprint density at radius 1 is 1.16 bits per heavy atom. The molecule has 0 atom stereocenters. The number of halogens is 1. The van der Waals surface area contributed by atoms with Crippen molar-refractivity contribution in [2.45, 2.75) is 17.8 Å². The molecule has 158 valence electrons. The van der Waals surface area contributed by atoms with E-state index in [-0.39, 0.29) is 12.2 Å². The van der Waals surface area contributed by atoms with E-state index in [4.69, 9.17) is 11.6 Å². The molecule has 2 aromatic carbocycles. The molecule has 0 aliphatic carbocycles. The predicted octanol–water partition coefficient (Wildman–Crippen LogP) is 3.93. The van der Waals surface area contributed by atoms with Crippen molar-refractivity contribution in [3.63, 3.8) is 0 Å². The first kappa shape index (κ1) is 21.4. The summed E-state index contributed by atoms with van der Waals surface area (Å²) in [5, 5.41) is 3.09. The molecule has 0 aliphatic heterocycles. The van der Waals surface area contributed by atoms with E-state index in [2.05, 4.69) is 10.3 Å². The van der Waals surface area contributed by atoms with Crippen LogP contribution in [-0.2, 0) is 11.3 Å². The van der Waals surface area contributed by atoms with E-state index in [1.807, 2.05) is 25.3 Å². The molecule has 0 spiro atoms. The summed E-state index contributed by atoms with van der Waals surface area (Å²) in [4.78, 5) is 43.8. The van der Waals surface area contributed by atoms with Gasteiger partial charge in [0, 0.05) is 0 Å². The number of rotatable bonds is 5. The van der Waals surface area contributed by atoms with Crippen LogP contribution in [0.1, 0.15) is 5.56 Å². The van der Waals surface area contributed by atoms with Crippen LogP contribution in [0.5, 0.6) is 0 Å². The zero-order valence-electron chi connectivity index (χ0n) is 16.6. The van der Waals surface area contributed by atoms with Gasteiger partial charge in [0.25, 0.3) is 5.56 Å². The molecule has 0 saturated heterocycles. The first-order chi connectivity index (χ1) is 14.9. The van der Waals surface area contributed by atoms with Gasteiger partial charge in [-0.15, -0.1) is 11.3 Å². The summed E-state index contributed by atoms with van der Waals surface area (Å²) >= 11 is 8.69. The zero-order valence-corrected chi connectivity index (χ0v) is 19.0. The summed E-state index contributed by atoms with van der Waals surface area (Å²) in [5.41, 5.74) is 0.799. The molecule has 0 unspecified atom stereocenters. The molecule has 2 aromatic heterocycles. The molecule has 2 heterocycles. The lowest BCUT2D eigenvalue weighted by atomic mass is 10.2. The van der Waals surface area contributed by atoms with Crippen LogP contribution >= 0.6 is 34.7 Å². The highest BCUT2D eigenvalue weighted by Crippen LogP contribution is 2.26. The van der Waals surface area contributed by atoms with Gasteiger partial charge in [0.15, 0.2) is 9.99 Å². The van der Waals surface area contributed by atoms with Gasteiger partial charge in [-0.1, -0.05) is 53.7 Å². The van der Waals surface area contributed by atoms with Crippen molar-refractivity contribution >= 4 is 56.6 Å². The number of amides is 1. The second kappa shape index (κ2) is 8.70. The van der Waals surface area contributed by atoms with Gasteiger partial charge in [0.1, 0.15) is 11.2 Å². The van der Waals surface area contributed by atoms with Crippen LogP contribution in [0.4, 0.5) is 5.69 Å². The fourth-order valence-corrected chi connectivity index (χ4v) is 4.84. The van der Waals surface area contributed by atoms with E-state index in [9.17, 15) is 14.4 Å². The van der Waals surface area contributed by atoms with Crippen molar-refractivity contribution in [3.05, 3.63) is 80.0 Å². The number of nitrogens with one attached hydrogen (secondary N) is 1. The second-order valence-electron chi connectivity index (χ2n) is 6.66. The molecular weight excluding hydrogens is 456 g/mol. The minimum atomic E-state index is -0.626. The third-order valence-corrected chi connectivity index (χ3v) is 6.99. The first-order valence-corrected chi connectivity index (χ1v) is 11.6. The van der Waals surface area contributed by atoms with Gasteiger partial charge in [0.2, 0.25) is 5.91 Å². The van der Waals surface area contributed by atoms with Gasteiger partial charge in [-0.3, -0.25) is 14.2 Å². The lowest BCUT2D eigenvalue weighted by Gasteiger charge is -2.13. The van der Waals surface area contributed by atoms with E-state index in [0.717, 1.165) is 10.1 Å². The van der Waals surface area contributed by atoms with Gasteiger partial charge < -0.3 is 5.32 Å². The Labute approximate surface area is 190 Å². The number of carbonyl (C=O) groups is 1. The lowest BCUT2D eigenvalue weighted by molar-refractivity contribution is -0.116. The fraction of sp³-hybridized carbons (Fsp3) is 0.143. The number of hydrogen-bond acceptors (Lipinski definition) is 6. The Morgan fingerprint density at radius 2 is 1.87 bits per heavy atom. The van der Waals surface area contributed by atoms with Crippen LogP contribution < -0.4 is 16.6 Å². The molecule has 1 amide bonds. The summed E-state index contributed by atoms with van der Waals surface area (Å²) in [5.74, 6) is -0.454. The number of aryl methyl sites for hydroxylation is 1. The zero-order chi connectivity index (χ0) is 22.1. The van der Waals surface area contributed by atoms with Gasteiger partial charge in [-0.2, -0.15) is 0 Å². The number of nitrogens with zero attached hydrogens (tertiary/aromatic N) is 3. The highest BCUT2D eigenvalue weighted by Gasteiger charge is 2.21. The number of carbonyl (C=O) groups excluding carboxylic acids is 1. The van der Waals surface area contributed by atoms with E-state index in [0.29, 0.717) is 25.4 Å². The largest absolute Gasteiger partial charge is 0.337 e. The first-order valence-electron chi connectivity index (χ1n) is 9.21. The van der Waals surface area contributed by atoms with E-state index >= 15 is 0 Å². The Kier molecular flexibility index (Phi) is 5.99. The highest BCUT2D eigenvalue weighted by atomic mass is 35.5. The summed E-state index contributed by atoms with van der Waals surface area (Å²) in [6, 6.07) is 13.9. The van der Waals surface area contributed by atoms with Crippen LogP contribution in [0.15, 0.2) is 62.5 Å². The van der Waals surface area contributed by atoms with Crippen molar-refractivity contribution in [1.29, 1.82) is 0 Å². The van der Waals surface area contributed by atoms with Gasteiger partial charge in [0.05, 0.1) is 16.4 Å². The third-order valence-electron chi connectivity index (χ3n) is 4.65. The monoisotopic (exact) mass is 472 g/mol. The van der Waals surface area contributed by atoms with Gasteiger partial charge in [-0.05, 0) is 36.9 Å². The van der Waals surface area contributed by atoms with Crippen LogP contribution in [0.25, 0.3) is 16.0 Å². The van der Waals surface area contributed by atoms with E-state index < -0.39 is 17.2 Å². The minimum Gasteiger partial charge on any atom is -0.323 e. The number of thiazole rings is 1. The quantitative estimate of drug-likeness (QED) is 0.445. The van der Waals surface area contributed by atoms with Gasteiger partial charge in [-0.25, -0.2) is 14.3 Å². The maximum absolute atomic E-state index is 13.4. The average Bonchev–Trinajstić information content (AvgIpc) is 3.19. The molecule has 4 aromatic rings. The van der Waals surface area contributed by atoms with Gasteiger partial charge >= 0.3 is 5.69 Å². The summed E-state index contributed by atoms with van der Waals surface area (Å²) < 4.78 is 3.28. The third kappa shape index (κ3) is 4.04. The molecule has 0 bridgehead atoms. The number of thioether (sulfide) groups is 1. The number of fused-ring (bicyclic) bond motifs is 1. The van der Waals surface area contributed by atoms with Crippen molar-refractivity contribution in [2.75, 3.05) is 11.6 Å². The van der Waals surface area contributed by atoms with Crippen molar-refractivity contribution in [2.24, 2.45) is 0 Å². The van der Waals surface area contributed by atoms with Crippen molar-refractivity contribution in [1.82, 2.24) is 14.1 Å². The summed E-state index contributed by atoms with van der Waals surface area (Å²) in [7, 11) is 0. The number of para-hydroxylation sites is 2. The molecule has 0 radical (unpaired) electrons. The standard InChI is InChI=1S/C21H17ClN4O3S2/c1-12-7-3-6-10-15(12)26-19(28)17-18(24-20(30-2)31-17)25(21(26)29)11-16(27)23-14-9-5-4-8-13(14)22/h3-10H,11H2,1-2H3,(H,23,27). The SMILES string of the molecule is CSc1nc2c(s1)c(=O)n(-c1ccccc1C)c(=O)n2CC(=O)Nc1ccccc1Cl. The lowest BCUT2D eigenvalue weighted by Crippen LogP contribution is -2.40. The normalized spacial score (nSPS) is 11.1. The molecule has 1 N–H and O–H groups in total. The summed E-state index contributed by atoms with van der Waals surface area (Å²) in [6.07, 6.45) is 1.84. The van der Waals surface area contributed by atoms with Crippen LogP contribution in [0, 0.1) is 6.92 Å². The maximum Gasteiger partial charge on any atom is 0.337 e. The number of aromatic nitrogens is 3. The Hall–Kier alpha value is -2.88. The van der Waals surface area contributed by atoms with E-state index in [1.54, 1.807) is 36.4 Å². The maximum atomic E-state index is 13.4. The molecule has 0 fully saturated rings. The van der Waals surface area contributed by atoms with Crippen LogP contribution in [0.2, 0.25) is 5.02 Å². The van der Waals surface area contributed by atoms with E-state index in [1.165, 1.54) is 27.7 Å². The molecule has 0 saturated carbocycles. The summed E-state index contributed by atoms with van der Waals surface area (Å²) in [6.45, 7) is 1.50. The van der Waals surface area contributed by atoms with Crippen molar-refractivity contribution in [3.8, 4) is 5.69 Å². The number of anilines is 1. The van der Waals surface area contributed by atoms with Crippen LogP contribution in [-0.4, -0.2) is 26.3 Å². The number of benzene rings is 2. The predicted molar refractivity (Wildman–Crippen MR) is 126 cm³/mol. The molecule has 10 heteroatoms. The van der Waals surface area contributed by atoms with Crippen molar-refractivity contribution < 1.29 is 4.79 Å². The van der Waals surface area contributed by atoms with Crippen LogP contribution in [0.3, 0.4) is 0 Å². The minimum absolute atomic E-state index is 0.198. The average molecular weight is 473 g/mol. The Balaban J connectivity index is 1.88. The fourth-order valence-electron chi connectivity index (χ4n) is 3.17.